The smallest absolute Gasteiger partial charge is 0.246 e. The van der Waals surface area contributed by atoms with Crippen molar-refractivity contribution in [1.29, 1.82) is 0 Å². The van der Waals surface area contributed by atoms with Gasteiger partial charge >= 0.3 is 0 Å². The van der Waals surface area contributed by atoms with Crippen LogP contribution in [0, 0.1) is 0 Å². The average Bonchev–Trinajstić information content (AvgIpc) is 3.34. The number of rotatable bonds is 5. The molecule has 1 atom stereocenters. The molecule has 0 unspecified atom stereocenters. The van der Waals surface area contributed by atoms with E-state index >= 15 is 0 Å². The summed E-state index contributed by atoms with van der Waals surface area (Å²) in [6.07, 6.45) is 7.20. The molecule has 1 aliphatic heterocycles. The molecule has 26 heavy (non-hydrogen) atoms. The van der Waals surface area contributed by atoms with E-state index in [4.69, 9.17) is 5.73 Å². The van der Waals surface area contributed by atoms with E-state index in [1.807, 2.05) is 34.0 Å². The SMILES string of the molecule is CC(C)n1cnc(Nc2nc(N3CCC[C@H]3C(N)=O)nn3cccc23)c1. The lowest BCUT2D eigenvalue weighted by Crippen LogP contribution is -2.41. The summed E-state index contributed by atoms with van der Waals surface area (Å²) in [5.41, 5.74) is 6.38. The summed E-state index contributed by atoms with van der Waals surface area (Å²) >= 11 is 0. The van der Waals surface area contributed by atoms with Crippen molar-refractivity contribution in [3.05, 3.63) is 30.9 Å². The molecule has 1 aliphatic rings. The summed E-state index contributed by atoms with van der Waals surface area (Å²) in [5, 5.41) is 7.81. The predicted octanol–water partition coefficient (Wildman–Crippen LogP) is 1.70. The Morgan fingerprint density at radius 3 is 3.00 bits per heavy atom. The third-order valence-corrected chi connectivity index (χ3v) is 4.66. The molecule has 1 saturated heterocycles. The topological polar surface area (TPSA) is 106 Å². The Morgan fingerprint density at radius 1 is 1.42 bits per heavy atom. The molecule has 0 spiro atoms. The fourth-order valence-electron chi connectivity index (χ4n) is 3.24. The van der Waals surface area contributed by atoms with Crippen LogP contribution in [0.5, 0.6) is 0 Å². The number of nitrogens with two attached hydrogens (primary N) is 1. The molecule has 4 rings (SSSR count). The van der Waals surface area contributed by atoms with Crippen molar-refractivity contribution in [2.75, 3.05) is 16.8 Å². The summed E-state index contributed by atoms with van der Waals surface area (Å²) in [5.74, 6) is 1.49. The van der Waals surface area contributed by atoms with Crippen molar-refractivity contribution in [2.45, 2.75) is 38.8 Å². The zero-order chi connectivity index (χ0) is 18.3. The first-order valence-electron chi connectivity index (χ1n) is 8.75. The molecule has 9 nitrogen and oxygen atoms in total. The zero-order valence-corrected chi connectivity index (χ0v) is 14.8. The number of nitrogens with one attached hydrogen (secondary N) is 1. The molecular weight excluding hydrogens is 332 g/mol. The first-order chi connectivity index (χ1) is 12.5. The quantitative estimate of drug-likeness (QED) is 0.722. The highest BCUT2D eigenvalue weighted by molar-refractivity contribution is 5.84. The Labute approximate surface area is 150 Å². The zero-order valence-electron chi connectivity index (χ0n) is 14.8. The van der Waals surface area contributed by atoms with E-state index in [-0.39, 0.29) is 11.9 Å². The van der Waals surface area contributed by atoms with Gasteiger partial charge in [-0.2, -0.15) is 4.98 Å². The van der Waals surface area contributed by atoms with Gasteiger partial charge in [0.15, 0.2) is 5.82 Å². The van der Waals surface area contributed by atoms with E-state index < -0.39 is 0 Å². The average molecular weight is 354 g/mol. The van der Waals surface area contributed by atoms with Crippen LogP contribution < -0.4 is 16.0 Å². The molecule has 3 aromatic rings. The first kappa shape index (κ1) is 16.4. The standard InChI is InChI=1S/C17H22N8O/c1-11(2)23-9-14(19-10-23)20-16-13-6-4-8-25(13)22-17(21-16)24-7-3-5-12(24)15(18)26/h4,6,8-12H,3,5,7H2,1-2H3,(H2,18,26)(H,20,21,22)/t12-/m0/s1. The Kier molecular flexibility index (Phi) is 3.98. The maximum absolute atomic E-state index is 11.7. The Balaban J connectivity index is 1.71. The van der Waals surface area contributed by atoms with Gasteiger partial charge in [0.05, 0.1) is 6.33 Å². The van der Waals surface area contributed by atoms with Crippen LogP contribution in [-0.2, 0) is 4.79 Å². The molecule has 0 saturated carbocycles. The third-order valence-electron chi connectivity index (χ3n) is 4.66. The van der Waals surface area contributed by atoms with Crippen LogP contribution in [-0.4, -0.2) is 42.6 Å². The van der Waals surface area contributed by atoms with Gasteiger partial charge in [-0.1, -0.05) is 0 Å². The second-order valence-corrected chi connectivity index (χ2v) is 6.78. The second-order valence-electron chi connectivity index (χ2n) is 6.78. The van der Waals surface area contributed by atoms with Crippen LogP contribution >= 0.6 is 0 Å². The van der Waals surface area contributed by atoms with Crippen LogP contribution in [0.2, 0.25) is 0 Å². The van der Waals surface area contributed by atoms with E-state index in [1.54, 1.807) is 10.8 Å². The van der Waals surface area contributed by atoms with Gasteiger partial charge in [-0.3, -0.25) is 4.79 Å². The van der Waals surface area contributed by atoms with Gasteiger partial charge in [-0.05, 0) is 38.8 Å². The number of anilines is 3. The minimum Gasteiger partial charge on any atom is -0.368 e. The van der Waals surface area contributed by atoms with Crippen LogP contribution in [0.4, 0.5) is 17.6 Å². The summed E-state index contributed by atoms with van der Waals surface area (Å²) in [6, 6.07) is 3.80. The Morgan fingerprint density at radius 2 is 2.27 bits per heavy atom. The summed E-state index contributed by atoms with van der Waals surface area (Å²) in [4.78, 5) is 22.7. The molecule has 0 radical (unpaired) electrons. The third kappa shape index (κ3) is 2.85. The van der Waals surface area contributed by atoms with Gasteiger partial charge in [-0.25, -0.2) is 9.50 Å². The van der Waals surface area contributed by atoms with Gasteiger partial charge < -0.3 is 20.5 Å². The lowest BCUT2D eigenvalue weighted by molar-refractivity contribution is -0.119. The van der Waals surface area contributed by atoms with E-state index in [2.05, 4.69) is 34.2 Å². The molecular formula is C17H22N8O. The van der Waals surface area contributed by atoms with Crippen LogP contribution in [0.1, 0.15) is 32.7 Å². The monoisotopic (exact) mass is 354 g/mol. The maximum atomic E-state index is 11.7. The van der Waals surface area contributed by atoms with Crippen LogP contribution in [0.15, 0.2) is 30.9 Å². The number of hydrogen-bond donors (Lipinski definition) is 2. The minimum absolute atomic E-state index is 0.327. The Hall–Kier alpha value is -3.10. The lowest BCUT2D eigenvalue weighted by Gasteiger charge is -2.22. The lowest BCUT2D eigenvalue weighted by atomic mass is 10.2. The number of primary amides is 1. The molecule has 136 valence electrons. The molecule has 0 bridgehead atoms. The number of imidazole rings is 1. The highest BCUT2D eigenvalue weighted by Gasteiger charge is 2.31. The van der Waals surface area contributed by atoms with Gasteiger partial charge in [0.25, 0.3) is 0 Å². The minimum atomic E-state index is -0.365. The molecule has 0 aromatic carbocycles. The van der Waals surface area contributed by atoms with Crippen molar-refractivity contribution in [3.8, 4) is 0 Å². The normalized spacial score (nSPS) is 17.3. The fourth-order valence-corrected chi connectivity index (χ4v) is 3.24. The molecule has 0 aliphatic carbocycles. The molecule has 4 heterocycles. The van der Waals surface area contributed by atoms with Gasteiger partial charge in [0, 0.05) is 25.0 Å². The molecule has 3 N–H and O–H groups in total. The van der Waals surface area contributed by atoms with Crippen LogP contribution in [0.3, 0.4) is 0 Å². The predicted molar refractivity (Wildman–Crippen MR) is 98.4 cm³/mol. The molecule has 1 fully saturated rings. The largest absolute Gasteiger partial charge is 0.368 e. The summed E-state index contributed by atoms with van der Waals surface area (Å²) < 4.78 is 3.77. The van der Waals surface area contributed by atoms with Crippen molar-refractivity contribution in [3.63, 3.8) is 0 Å². The highest BCUT2D eigenvalue weighted by atomic mass is 16.1. The number of aromatic nitrogens is 5. The molecule has 1 amide bonds. The van der Waals surface area contributed by atoms with E-state index in [1.165, 1.54) is 0 Å². The van der Waals surface area contributed by atoms with E-state index in [0.717, 1.165) is 18.4 Å². The first-order valence-corrected chi connectivity index (χ1v) is 8.75. The van der Waals surface area contributed by atoms with Crippen molar-refractivity contribution >= 4 is 29.0 Å². The summed E-state index contributed by atoms with van der Waals surface area (Å²) in [7, 11) is 0. The number of amides is 1. The Bertz CT molecular complexity index is 943. The molecule has 3 aromatic heterocycles. The van der Waals surface area contributed by atoms with Crippen molar-refractivity contribution in [1.82, 2.24) is 24.1 Å². The van der Waals surface area contributed by atoms with Gasteiger partial charge in [0.1, 0.15) is 17.4 Å². The van der Waals surface area contributed by atoms with E-state index in [9.17, 15) is 4.79 Å². The number of nitrogens with zero attached hydrogens (tertiary/aromatic N) is 6. The number of hydrogen-bond acceptors (Lipinski definition) is 6. The summed E-state index contributed by atoms with van der Waals surface area (Å²) in [6.45, 7) is 4.90. The molecule has 9 heteroatoms. The van der Waals surface area contributed by atoms with E-state index in [0.29, 0.717) is 30.2 Å². The van der Waals surface area contributed by atoms with Crippen molar-refractivity contribution < 1.29 is 4.79 Å². The fraction of sp³-hybridized carbons (Fsp3) is 0.412. The number of carbonyl (C=O) groups excluding carboxylic acids is 1. The van der Waals surface area contributed by atoms with Crippen LogP contribution in [0.25, 0.3) is 5.52 Å². The second kappa shape index (κ2) is 6.32. The maximum Gasteiger partial charge on any atom is 0.246 e. The number of fused-ring (bicyclic) bond motifs is 1. The highest BCUT2D eigenvalue weighted by Crippen LogP contribution is 2.26. The van der Waals surface area contributed by atoms with Crippen molar-refractivity contribution in [2.24, 2.45) is 5.73 Å². The van der Waals surface area contributed by atoms with Gasteiger partial charge in [-0.15, -0.1) is 5.10 Å². The van der Waals surface area contributed by atoms with Gasteiger partial charge in [0.2, 0.25) is 11.9 Å². The number of carbonyl (C=O) groups is 1.